The van der Waals surface area contributed by atoms with E-state index in [2.05, 4.69) is 15.0 Å². The molecule has 4 atom stereocenters. The van der Waals surface area contributed by atoms with Crippen LogP contribution in [0.15, 0.2) is 17.1 Å². The molecule has 10 heteroatoms. The van der Waals surface area contributed by atoms with E-state index in [0.29, 0.717) is 0 Å². The maximum Gasteiger partial charge on any atom is 0.351 e. The van der Waals surface area contributed by atoms with Crippen LogP contribution in [0.25, 0.3) is 0 Å². The van der Waals surface area contributed by atoms with Gasteiger partial charge in [-0.2, -0.15) is 4.98 Å². The van der Waals surface area contributed by atoms with Gasteiger partial charge in [0.05, 0.1) is 13.7 Å². The number of carbonyl (C=O) groups is 1. The molecule has 2 rings (SSSR count). The van der Waals surface area contributed by atoms with Gasteiger partial charge in [-0.15, -0.1) is 0 Å². The summed E-state index contributed by atoms with van der Waals surface area (Å²) in [6.45, 7) is -0.642. The lowest BCUT2D eigenvalue weighted by molar-refractivity contribution is -0.138. The van der Waals surface area contributed by atoms with Crippen molar-refractivity contribution in [1.29, 1.82) is 0 Å². The number of anilines is 1. The van der Waals surface area contributed by atoms with Crippen molar-refractivity contribution in [2.75, 3.05) is 25.6 Å². The smallest absolute Gasteiger partial charge is 0.351 e. The summed E-state index contributed by atoms with van der Waals surface area (Å²) >= 11 is 0. The Kier molecular flexibility index (Phi) is 5.08. The molecular formula is C12H17N3O7. The summed E-state index contributed by atoms with van der Waals surface area (Å²) in [5, 5.41) is 31.2. The zero-order chi connectivity index (χ0) is 16.3. The third-order valence-corrected chi connectivity index (χ3v) is 3.26. The van der Waals surface area contributed by atoms with Gasteiger partial charge in [-0.3, -0.25) is 9.36 Å². The van der Waals surface area contributed by atoms with Crippen molar-refractivity contribution < 1.29 is 29.6 Å². The molecular weight excluding hydrogens is 298 g/mol. The van der Waals surface area contributed by atoms with Crippen LogP contribution in [0, 0.1) is 0 Å². The van der Waals surface area contributed by atoms with Crippen LogP contribution < -0.4 is 11.0 Å². The minimum absolute atomic E-state index is 0.151. The highest BCUT2D eigenvalue weighted by Crippen LogP contribution is 2.28. The highest BCUT2D eigenvalue weighted by atomic mass is 16.6. The molecule has 1 aromatic heterocycles. The molecule has 1 aliphatic rings. The predicted octanol–water partition coefficient (Wildman–Crippen LogP) is -2.56. The fourth-order valence-corrected chi connectivity index (χ4v) is 2.05. The first-order valence-electron chi connectivity index (χ1n) is 6.50. The standard InChI is InChI=1S/C12H17N3O7/c1-21-8(17)4-13-7-2-3-15(12(20)14-7)11-10(19)9(18)6(5-16)22-11/h2-3,6,9-11,16,18-19H,4-5H2,1H3,(H,13,14,20). The zero-order valence-corrected chi connectivity index (χ0v) is 11.7. The van der Waals surface area contributed by atoms with E-state index in [1.165, 1.54) is 19.4 Å². The van der Waals surface area contributed by atoms with Gasteiger partial charge >= 0.3 is 11.7 Å². The molecule has 0 radical (unpaired) electrons. The lowest BCUT2D eigenvalue weighted by atomic mass is 10.1. The van der Waals surface area contributed by atoms with E-state index in [-0.39, 0.29) is 12.4 Å². The topological polar surface area (TPSA) is 143 Å². The number of aromatic nitrogens is 2. The Balaban J connectivity index is 2.13. The maximum absolute atomic E-state index is 11.9. The number of methoxy groups -OCH3 is 1. The van der Waals surface area contributed by atoms with Crippen LogP contribution in [0.4, 0.5) is 5.82 Å². The van der Waals surface area contributed by atoms with E-state index >= 15 is 0 Å². The Bertz CT molecular complexity index is 590. The minimum Gasteiger partial charge on any atom is -0.468 e. The molecule has 1 aromatic rings. The Hall–Kier alpha value is -2.01. The third-order valence-electron chi connectivity index (χ3n) is 3.26. The van der Waals surface area contributed by atoms with Gasteiger partial charge < -0.3 is 30.1 Å². The van der Waals surface area contributed by atoms with Crippen molar-refractivity contribution in [1.82, 2.24) is 9.55 Å². The van der Waals surface area contributed by atoms with Gasteiger partial charge in [0.15, 0.2) is 6.23 Å². The van der Waals surface area contributed by atoms with Gasteiger partial charge in [0, 0.05) is 6.20 Å². The van der Waals surface area contributed by atoms with Crippen molar-refractivity contribution in [2.45, 2.75) is 24.5 Å². The molecule has 0 amide bonds. The minimum atomic E-state index is -1.37. The van der Waals surface area contributed by atoms with E-state index in [0.717, 1.165) is 4.57 Å². The quantitative estimate of drug-likeness (QED) is 0.431. The first kappa shape index (κ1) is 16.4. The summed E-state index contributed by atoms with van der Waals surface area (Å²) in [6, 6.07) is 1.40. The van der Waals surface area contributed by atoms with E-state index < -0.39 is 42.8 Å². The molecule has 0 aliphatic carbocycles. The molecule has 2 heterocycles. The molecule has 1 saturated heterocycles. The van der Waals surface area contributed by atoms with Crippen molar-refractivity contribution in [3.05, 3.63) is 22.7 Å². The van der Waals surface area contributed by atoms with Crippen LogP contribution in [-0.4, -0.2) is 69.4 Å². The summed E-state index contributed by atoms with van der Waals surface area (Å²) in [7, 11) is 1.23. The number of hydrogen-bond acceptors (Lipinski definition) is 9. The number of carbonyl (C=O) groups excluding carboxylic acids is 1. The van der Waals surface area contributed by atoms with E-state index in [1.807, 2.05) is 0 Å². The highest BCUT2D eigenvalue weighted by molar-refractivity contribution is 5.74. The third kappa shape index (κ3) is 3.25. The second-order valence-electron chi connectivity index (χ2n) is 4.66. The molecule has 0 aromatic carbocycles. The van der Waals surface area contributed by atoms with E-state index in [9.17, 15) is 19.8 Å². The molecule has 4 unspecified atom stereocenters. The number of aliphatic hydroxyl groups is 3. The van der Waals surface area contributed by atoms with Crippen LogP contribution in [0.3, 0.4) is 0 Å². The van der Waals surface area contributed by atoms with Gasteiger partial charge in [0.2, 0.25) is 0 Å². The summed E-state index contributed by atoms with van der Waals surface area (Å²) in [6.07, 6.45) is -3.51. The van der Waals surface area contributed by atoms with E-state index in [4.69, 9.17) is 9.84 Å². The Morgan fingerprint density at radius 1 is 1.50 bits per heavy atom. The van der Waals surface area contributed by atoms with Gasteiger partial charge in [0.25, 0.3) is 0 Å². The molecule has 1 fully saturated rings. The second-order valence-corrected chi connectivity index (χ2v) is 4.66. The normalized spacial score (nSPS) is 27.6. The molecule has 0 saturated carbocycles. The van der Waals surface area contributed by atoms with Crippen LogP contribution in [0.1, 0.15) is 6.23 Å². The summed E-state index contributed by atoms with van der Waals surface area (Å²) in [5.41, 5.74) is -0.746. The van der Waals surface area contributed by atoms with Crippen molar-refractivity contribution >= 4 is 11.8 Å². The van der Waals surface area contributed by atoms with Crippen LogP contribution >= 0.6 is 0 Å². The van der Waals surface area contributed by atoms with Crippen LogP contribution in [-0.2, 0) is 14.3 Å². The number of hydrogen-bond donors (Lipinski definition) is 4. The predicted molar refractivity (Wildman–Crippen MR) is 72.0 cm³/mol. The fraction of sp³-hybridized carbons (Fsp3) is 0.583. The monoisotopic (exact) mass is 315 g/mol. The van der Waals surface area contributed by atoms with Gasteiger partial charge in [-0.1, -0.05) is 0 Å². The number of nitrogens with zero attached hydrogens (tertiary/aromatic N) is 2. The molecule has 122 valence electrons. The molecule has 1 aliphatic heterocycles. The number of ether oxygens (including phenoxy) is 2. The largest absolute Gasteiger partial charge is 0.468 e. The second kappa shape index (κ2) is 6.83. The average molecular weight is 315 g/mol. The van der Waals surface area contributed by atoms with Crippen LogP contribution in [0.2, 0.25) is 0 Å². The molecule has 0 spiro atoms. The van der Waals surface area contributed by atoms with Crippen molar-refractivity contribution in [3.63, 3.8) is 0 Å². The van der Waals surface area contributed by atoms with Crippen molar-refractivity contribution in [2.24, 2.45) is 0 Å². The summed E-state index contributed by atoms with van der Waals surface area (Å²) in [5.74, 6) is -0.368. The number of nitrogens with one attached hydrogen (secondary N) is 1. The van der Waals surface area contributed by atoms with Crippen LogP contribution in [0.5, 0.6) is 0 Å². The first-order valence-corrected chi connectivity index (χ1v) is 6.50. The first-order chi connectivity index (χ1) is 10.5. The van der Waals surface area contributed by atoms with E-state index in [1.54, 1.807) is 0 Å². The van der Waals surface area contributed by atoms with Gasteiger partial charge in [-0.25, -0.2) is 4.79 Å². The Morgan fingerprint density at radius 2 is 2.23 bits per heavy atom. The lowest BCUT2D eigenvalue weighted by Crippen LogP contribution is -2.36. The maximum atomic E-state index is 11.9. The molecule has 10 nitrogen and oxygen atoms in total. The zero-order valence-electron chi connectivity index (χ0n) is 11.7. The molecule has 0 bridgehead atoms. The van der Waals surface area contributed by atoms with Gasteiger partial charge in [-0.05, 0) is 6.07 Å². The number of aliphatic hydroxyl groups excluding tert-OH is 3. The molecule has 22 heavy (non-hydrogen) atoms. The lowest BCUT2D eigenvalue weighted by Gasteiger charge is -2.17. The highest BCUT2D eigenvalue weighted by Gasteiger charge is 2.43. The van der Waals surface area contributed by atoms with Gasteiger partial charge in [0.1, 0.15) is 30.7 Å². The fourth-order valence-electron chi connectivity index (χ4n) is 2.05. The summed E-state index contributed by atoms with van der Waals surface area (Å²) in [4.78, 5) is 26.6. The number of esters is 1. The molecule has 4 N–H and O–H groups in total. The number of rotatable bonds is 5. The Labute approximate surface area is 124 Å². The van der Waals surface area contributed by atoms with Crippen molar-refractivity contribution in [3.8, 4) is 0 Å². The SMILES string of the molecule is COC(=O)CNc1ccn(C2OC(CO)C(O)C2O)c(=O)n1. The summed E-state index contributed by atoms with van der Waals surface area (Å²) < 4.78 is 10.7. The average Bonchev–Trinajstić information content (AvgIpc) is 2.80. The Morgan fingerprint density at radius 3 is 2.77 bits per heavy atom.